The third-order valence-corrected chi connectivity index (χ3v) is 7.56. The number of hydrogen-bond donors (Lipinski definition) is 0. The number of hydrogen-bond acceptors (Lipinski definition) is 7. The largest absolute Gasteiger partial charge is 0.454 e. The van der Waals surface area contributed by atoms with Crippen LogP contribution in [-0.4, -0.2) is 77.2 Å². The van der Waals surface area contributed by atoms with Crippen LogP contribution in [0.25, 0.3) is 0 Å². The number of amides is 2. The molecule has 4 heterocycles. The quantitative estimate of drug-likeness (QED) is 0.720. The van der Waals surface area contributed by atoms with Gasteiger partial charge in [-0.25, -0.2) is 0 Å². The van der Waals surface area contributed by atoms with Crippen LogP contribution in [-0.2, 0) is 11.3 Å². The van der Waals surface area contributed by atoms with Crippen molar-refractivity contribution in [2.24, 2.45) is 0 Å². The molecule has 158 valence electrons. The van der Waals surface area contributed by atoms with E-state index >= 15 is 0 Å². The number of thiophene rings is 1. The van der Waals surface area contributed by atoms with Gasteiger partial charge >= 0.3 is 0 Å². The van der Waals surface area contributed by atoms with Crippen molar-refractivity contribution in [2.45, 2.75) is 12.6 Å². The zero-order chi connectivity index (χ0) is 20.5. The van der Waals surface area contributed by atoms with Crippen molar-refractivity contribution >= 4 is 34.9 Å². The van der Waals surface area contributed by atoms with Crippen LogP contribution in [0, 0.1) is 0 Å². The Hall–Kier alpha value is -2.23. The molecule has 3 aliphatic rings. The molecule has 2 aromatic rings. The minimum atomic E-state index is -0.356. The van der Waals surface area contributed by atoms with Gasteiger partial charge in [-0.15, -0.1) is 23.1 Å². The average molecular weight is 446 g/mol. The fraction of sp³-hybridized carbons (Fsp3) is 0.429. The van der Waals surface area contributed by atoms with Gasteiger partial charge in [0.1, 0.15) is 6.04 Å². The summed E-state index contributed by atoms with van der Waals surface area (Å²) in [6.07, 6.45) is 0. The second-order valence-corrected chi connectivity index (χ2v) is 9.50. The molecule has 1 aromatic carbocycles. The summed E-state index contributed by atoms with van der Waals surface area (Å²) in [4.78, 5) is 32.6. The predicted octanol–water partition coefficient (Wildman–Crippen LogP) is 2.34. The Morgan fingerprint density at radius 1 is 1.07 bits per heavy atom. The van der Waals surface area contributed by atoms with E-state index in [4.69, 9.17) is 9.47 Å². The number of benzene rings is 1. The molecule has 0 bridgehead atoms. The van der Waals surface area contributed by atoms with Gasteiger partial charge in [-0.1, -0.05) is 12.1 Å². The number of thioether (sulfide) groups is 1. The van der Waals surface area contributed by atoms with Crippen LogP contribution >= 0.6 is 23.1 Å². The third kappa shape index (κ3) is 3.89. The maximum absolute atomic E-state index is 13.2. The zero-order valence-corrected chi connectivity index (χ0v) is 18.1. The fourth-order valence-electron chi connectivity index (χ4n) is 4.02. The second-order valence-electron chi connectivity index (χ2n) is 7.56. The van der Waals surface area contributed by atoms with Crippen molar-refractivity contribution in [3.63, 3.8) is 0 Å². The number of fused-ring (bicyclic) bond motifs is 1. The summed E-state index contributed by atoms with van der Waals surface area (Å²) in [6.45, 7) is 4.11. The highest BCUT2D eigenvalue weighted by atomic mass is 32.2. The number of carbonyl (C=O) groups is 2. The number of ether oxygens (including phenoxy) is 2. The number of carbonyl (C=O) groups excluding carboxylic acids is 2. The molecule has 0 spiro atoms. The van der Waals surface area contributed by atoms with Crippen molar-refractivity contribution in [1.82, 2.24) is 14.7 Å². The van der Waals surface area contributed by atoms with Gasteiger partial charge in [0.15, 0.2) is 11.5 Å². The maximum atomic E-state index is 13.2. The van der Waals surface area contributed by atoms with E-state index in [0.29, 0.717) is 29.6 Å². The Morgan fingerprint density at radius 3 is 2.70 bits per heavy atom. The van der Waals surface area contributed by atoms with Crippen molar-refractivity contribution in [1.29, 1.82) is 0 Å². The summed E-state index contributed by atoms with van der Waals surface area (Å²) in [5.74, 6) is 2.90. The van der Waals surface area contributed by atoms with Crippen LogP contribution in [0.2, 0.25) is 0 Å². The van der Waals surface area contributed by atoms with Gasteiger partial charge in [-0.3, -0.25) is 14.5 Å². The van der Waals surface area contributed by atoms with E-state index in [9.17, 15) is 9.59 Å². The molecule has 0 aliphatic carbocycles. The van der Waals surface area contributed by atoms with Crippen LogP contribution < -0.4 is 9.47 Å². The first kappa shape index (κ1) is 19.7. The molecule has 1 unspecified atom stereocenters. The molecule has 30 heavy (non-hydrogen) atoms. The Labute approximate surface area is 183 Å². The lowest BCUT2D eigenvalue weighted by Gasteiger charge is -2.37. The molecule has 0 saturated carbocycles. The van der Waals surface area contributed by atoms with Crippen LogP contribution in [0.15, 0.2) is 35.7 Å². The summed E-state index contributed by atoms with van der Waals surface area (Å²) < 4.78 is 10.8. The molecule has 5 rings (SSSR count). The second kappa shape index (κ2) is 8.49. The van der Waals surface area contributed by atoms with Gasteiger partial charge in [0.05, 0.1) is 10.8 Å². The van der Waals surface area contributed by atoms with Gasteiger partial charge < -0.3 is 19.3 Å². The summed E-state index contributed by atoms with van der Waals surface area (Å²) in [5, 5.41) is 1.90. The van der Waals surface area contributed by atoms with Crippen LogP contribution in [0.3, 0.4) is 0 Å². The number of nitrogens with zero attached hydrogens (tertiary/aromatic N) is 3. The molecule has 1 atom stereocenters. The molecule has 7 nitrogen and oxygen atoms in total. The zero-order valence-electron chi connectivity index (χ0n) is 16.5. The van der Waals surface area contributed by atoms with E-state index in [1.54, 1.807) is 16.7 Å². The molecular formula is C21H23N3O4S2. The standard InChI is InChI=1S/C21H23N3O4S2/c25-20(16-12-29-13-24(16)21(26)19-2-1-9-30-19)23-7-5-22(6-8-23)11-15-3-4-17-18(10-15)28-14-27-17/h1-4,9-10,16H,5-8,11-14H2. The molecule has 2 saturated heterocycles. The van der Waals surface area contributed by atoms with E-state index in [1.807, 2.05) is 34.5 Å². The summed E-state index contributed by atoms with van der Waals surface area (Å²) in [6, 6.07) is 9.39. The normalized spacial score (nSPS) is 21.3. The Balaban J connectivity index is 1.17. The summed E-state index contributed by atoms with van der Waals surface area (Å²) in [7, 11) is 0. The highest BCUT2D eigenvalue weighted by molar-refractivity contribution is 7.99. The minimum absolute atomic E-state index is 0.0326. The van der Waals surface area contributed by atoms with Crippen molar-refractivity contribution < 1.29 is 19.1 Å². The molecule has 2 fully saturated rings. The van der Waals surface area contributed by atoms with E-state index in [1.165, 1.54) is 16.9 Å². The number of rotatable bonds is 4. The Bertz CT molecular complexity index is 928. The molecule has 2 amide bonds. The summed E-state index contributed by atoms with van der Waals surface area (Å²) in [5.41, 5.74) is 1.18. The topological polar surface area (TPSA) is 62.3 Å². The van der Waals surface area contributed by atoms with Crippen LogP contribution in [0.5, 0.6) is 11.5 Å². The molecule has 3 aliphatic heterocycles. The predicted molar refractivity (Wildman–Crippen MR) is 116 cm³/mol. The van der Waals surface area contributed by atoms with Crippen molar-refractivity contribution in [3.05, 3.63) is 46.2 Å². The van der Waals surface area contributed by atoms with E-state index in [-0.39, 0.29) is 24.6 Å². The average Bonchev–Trinajstić information content (AvgIpc) is 3.54. The highest BCUT2D eigenvalue weighted by Gasteiger charge is 2.38. The smallest absolute Gasteiger partial charge is 0.265 e. The van der Waals surface area contributed by atoms with E-state index < -0.39 is 0 Å². The van der Waals surface area contributed by atoms with Gasteiger partial charge in [0, 0.05) is 38.5 Å². The summed E-state index contributed by atoms with van der Waals surface area (Å²) >= 11 is 3.08. The third-order valence-electron chi connectivity index (χ3n) is 5.69. The van der Waals surface area contributed by atoms with Crippen LogP contribution in [0.1, 0.15) is 15.2 Å². The van der Waals surface area contributed by atoms with Gasteiger partial charge in [0.25, 0.3) is 5.91 Å². The lowest BCUT2D eigenvalue weighted by Crippen LogP contribution is -2.54. The maximum Gasteiger partial charge on any atom is 0.265 e. The van der Waals surface area contributed by atoms with E-state index in [2.05, 4.69) is 11.0 Å². The minimum Gasteiger partial charge on any atom is -0.454 e. The molecular weight excluding hydrogens is 422 g/mol. The lowest BCUT2D eigenvalue weighted by molar-refractivity contribution is -0.136. The first-order valence-corrected chi connectivity index (χ1v) is 12.0. The van der Waals surface area contributed by atoms with Gasteiger partial charge in [-0.05, 0) is 29.1 Å². The van der Waals surface area contributed by atoms with E-state index in [0.717, 1.165) is 31.1 Å². The Morgan fingerprint density at radius 2 is 1.90 bits per heavy atom. The molecule has 0 radical (unpaired) electrons. The number of piperazine rings is 1. The Kier molecular flexibility index (Phi) is 5.58. The monoisotopic (exact) mass is 445 g/mol. The highest BCUT2D eigenvalue weighted by Crippen LogP contribution is 2.33. The molecule has 0 N–H and O–H groups in total. The first-order chi connectivity index (χ1) is 14.7. The SMILES string of the molecule is O=C(C1CSCN1C(=O)c1cccs1)N1CCN(Cc2ccc3c(c2)OCO3)CC1. The van der Waals surface area contributed by atoms with Crippen molar-refractivity contribution in [3.8, 4) is 11.5 Å². The fourth-order valence-corrected chi connectivity index (χ4v) is 5.85. The lowest BCUT2D eigenvalue weighted by atomic mass is 10.1. The first-order valence-electron chi connectivity index (χ1n) is 10.0. The van der Waals surface area contributed by atoms with Crippen LogP contribution in [0.4, 0.5) is 0 Å². The molecule has 1 aromatic heterocycles. The van der Waals surface area contributed by atoms with Gasteiger partial charge in [-0.2, -0.15) is 0 Å². The molecule has 9 heteroatoms. The van der Waals surface area contributed by atoms with Gasteiger partial charge in [0.2, 0.25) is 12.7 Å². The van der Waals surface area contributed by atoms with Crippen molar-refractivity contribution in [2.75, 3.05) is 44.6 Å².